The fraction of sp³-hybridized carbons (Fsp3) is 0.739. The largest absolute Gasteiger partial charge is 0.496 e. The molecule has 1 aromatic rings. The summed E-state index contributed by atoms with van der Waals surface area (Å²) in [5, 5.41) is 9.64. The van der Waals surface area contributed by atoms with E-state index in [0.29, 0.717) is 6.04 Å². The van der Waals surface area contributed by atoms with E-state index in [-0.39, 0.29) is 6.61 Å². The number of methoxy groups -OCH3 is 3. The third-order valence-electron chi connectivity index (χ3n) is 6.57. The van der Waals surface area contributed by atoms with Gasteiger partial charge in [-0.2, -0.15) is 0 Å². The second-order valence-corrected chi connectivity index (χ2v) is 8.41. The Kier molecular flexibility index (Phi) is 8.45. The van der Waals surface area contributed by atoms with Crippen LogP contribution in [-0.2, 0) is 6.54 Å². The highest BCUT2D eigenvalue weighted by atomic mass is 16.5. The normalized spacial score (nSPS) is 21.9. The van der Waals surface area contributed by atoms with Gasteiger partial charge < -0.3 is 19.3 Å². The molecule has 1 heterocycles. The van der Waals surface area contributed by atoms with Crippen molar-refractivity contribution in [2.75, 3.05) is 54.1 Å². The smallest absolute Gasteiger partial charge is 0.130 e. The van der Waals surface area contributed by atoms with Gasteiger partial charge in [0.2, 0.25) is 0 Å². The molecule has 6 nitrogen and oxygen atoms in total. The number of nitrogens with zero attached hydrogens (tertiary/aromatic N) is 2. The zero-order valence-corrected chi connectivity index (χ0v) is 18.4. The van der Waals surface area contributed by atoms with Crippen LogP contribution >= 0.6 is 0 Å². The summed E-state index contributed by atoms with van der Waals surface area (Å²) in [4.78, 5) is 5.09. The van der Waals surface area contributed by atoms with Gasteiger partial charge in [-0.05, 0) is 25.2 Å². The molecule has 6 heteroatoms. The molecular formula is C23H38N2O4. The maximum atomic E-state index is 9.64. The van der Waals surface area contributed by atoms with Crippen LogP contribution < -0.4 is 14.2 Å². The zero-order valence-electron chi connectivity index (χ0n) is 18.4. The highest BCUT2D eigenvalue weighted by Gasteiger charge is 2.30. The van der Waals surface area contributed by atoms with Gasteiger partial charge in [0, 0.05) is 57.5 Å². The molecule has 3 rings (SSSR count). The van der Waals surface area contributed by atoms with Crippen LogP contribution in [0.5, 0.6) is 17.2 Å². The van der Waals surface area contributed by atoms with Crippen LogP contribution in [0.1, 0.15) is 44.1 Å². The molecule has 0 radical (unpaired) electrons. The first-order valence-corrected chi connectivity index (χ1v) is 11.0. The highest BCUT2D eigenvalue weighted by molar-refractivity contribution is 5.50. The Morgan fingerprint density at radius 1 is 0.966 bits per heavy atom. The van der Waals surface area contributed by atoms with Crippen LogP contribution in [0.4, 0.5) is 0 Å². The topological polar surface area (TPSA) is 54.4 Å². The summed E-state index contributed by atoms with van der Waals surface area (Å²) in [6.45, 7) is 5.25. The Hall–Kier alpha value is -1.50. The van der Waals surface area contributed by atoms with E-state index in [9.17, 15) is 5.11 Å². The van der Waals surface area contributed by atoms with E-state index in [1.54, 1.807) is 21.3 Å². The standard InChI is InChI=1S/C23H38N2O4/c1-27-20-13-22(28-2)21(23(14-20)29-3)17-24-10-11-25(19(16-24)9-12-26)15-18-7-5-4-6-8-18/h13-14,18-19,26H,4-12,15-17H2,1-3H3/t19-/m0/s1. The van der Waals surface area contributed by atoms with Crippen molar-refractivity contribution < 1.29 is 19.3 Å². The summed E-state index contributed by atoms with van der Waals surface area (Å²) in [6.07, 6.45) is 7.73. The van der Waals surface area contributed by atoms with Crippen LogP contribution in [0.25, 0.3) is 0 Å². The molecule has 0 bridgehead atoms. The number of aliphatic hydroxyl groups is 1. The van der Waals surface area contributed by atoms with Crippen molar-refractivity contribution in [1.82, 2.24) is 9.80 Å². The summed E-state index contributed by atoms with van der Waals surface area (Å²) in [7, 11) is 5.03. The van der Waals surface area contributed by atoms with Crippen molar-refractivity contribution in [3.05, 3.63) is 17.7 Å². The Balaban J connectivity index is 1.68. The molecule has 29 heavy (non-hydrogen) atoms. The molecule has 0 aromatic heterocycles. The SMILES string of the molecule is COc1cc(OC)c(CN2CCN(CC3CCCCC3)[C@@H](CCO)C2)c(OC)c1. The molecule has 1 aliphatic heterocycles. The highest BCUT2D eigenvalue weighted by Crippen LogP contribution is 2.35. The van der Waals surface area contributed by atoms with E-state index in [1.165, 1.54) is 38.6 Å². The lowest BCUT2D eigenvalue weighted by Crippen LogP contribution is -2.54. The molecular weight excluding hydrogens is 368 g/mol. The Bertz CT molecular complexity index is 608. The van der Waals surface area contributed by atoms with Crippen molar-refractivity contribution in [3.63, 3.8) is 0 Å². The average molecular weight is 407 g/mol. The third kappa shape index (κ3) is 5.77. The molecule has 2 aliphatic rings. The summed E-state index contributed by atoms with van der Waals surface area (Å²) >= 11 is 0. The first kappa shape index (κ1) is 22.2. The lowest BCUT2D eigenvalue weighted by molar-refractivity contribution is 0.0394. The fourth-order valence-electron chi connectivity index (χ4n) is 4.92. The maximum absolute atomic E-state index is 9.64. The number of rotatable bonds is 9. The Labute approximate surface area is 175 Å². The monoisotopic (exact) mass is 406 g/mol. The fourth-order valence-corrected chi connectivity index (χ4v) is 4.92. The molecule has 0 spiro atoms. The van der Waals surface area contributed by atoms with E-state index in [4.69, 9.17) is 14.2 Å². The van der Waals surface area contributed by atoms with Crippen molar-refractivity contribution in [3.8, 4) is 17.2 Å². The molecule has 1 saturated carbocycles. The van der Waals surface area contributed by atoms with Gasteiger partial charge in [0.15, 0.2) is 0 Å². The van der Waals surface area contributed by atoms with Crippen molar-refractivity contribution in [2.45, 2.75) is 51.1 Å². The van der Waals surface area contributed by atoms with E-state index in [2.05, 4.69) is 9.80 Å². The van der Waals surface area contributed by atoms with Gasteiger partial charge in [0.25, 0.3) is 0 Å². The van der Waals surface area contributed by atoms with Gasteiger partial charge in [0.05, 0.1) is 26.9 Å². The summed E-state index contributed by atoms with van der Waals surface area (Å²) < 4.78 is 16.6. The number of piperazine rings is 1. The van der Waals surface area contributed by atoms with Gasteiger partial charge in [0.1, 0.15) is 17.2 Å². The van der Waals surface area contributed by atoms with Crippen molar-refractivity contribution in [2.24, 2.45) is 5.92 Å². The number of hydrogen-bond acceptors (Lipinski definition) is 6. The van der Waals surface area contributed by atoms with Gasteiger partial charge in [-0.3, -0.25) is 9.80 Å². The van der Waals surface area contributed by atoms with Crippen LogP contribution in [0.3, 0.4) is 0 Å². The summed E-state index contributed by atoms with van der Waals surface area (Å²) in [5.74, 6) is 3.16. The molecule has 1 aliphatic carbocycles. The number of aliphatic hydroxyl groups excluding tert-OH is 1. The van der Waals surface area contributed by atoms with Gasteiger partial charge >= 0.3 is 0 Å². The Morgan fingerprint density at radius 2 is 1.66 bits per heavy atom. The van der Waals surface area contributed by atoms with Gasteiger partial charge in [-0.25, -0.2) is 0 Å². The third-order valence-corrected chi connectivity index (χ3v) is 6.57. The minimum Gasteiger partial charge on any atom is -0.496 e. The lowest BCUT2D eigenvalue weighted by Gasteiger charge is -2.43. The van der Waals surface area contributed by atoms with Crippen molar-refractivity contribution >= 4 is 0 Å². The van der Waals surface area contributed by atoms with E-state index in [1.807, 2.05) is 12.1 Å². The average Bonchev–Trinajstić information content (AvgIpc) is 2.76. The second kappa shape index (κ2) is 11.0. The predicted octanol–water partition coefficient (Wildman–Crippen LogP) is 3.16. The number of ether oxygens (including phenoxy) is 3. The van der Waals surface area contributed by atoms with Crippen LogP contribution in [0.2, 0.25) is 0 Å². The Morgan fingerprint density at radius 3 is 2.24 bits per heavy atom. The minimum atomic E-state index is 0.245. The van der Waals surface area contributed by atoms with Crippen LogP contribution in [0, 0.1) is 5.92 Å². The molecule has 164 valence electrons. The molecule has 1 saturated heterocycles. The molecule has 2 fully saturated rings. The molecule has 0 amide bonds. The molecule has 1 N–H and O–H groups in total. The quantitative estimate of drug-likeness (QED) is 0.680. The van der Waals surface area contributed by atoms with E-state index in [0.717, 1.165) is 61.3 Å². The van der Waals surface area contributed by atoms with E-state index < -0.39 is 0 Å². The first-order chi connectivity index (χ1) is 14.2. The zero-order chi connectivity index (χ0) is 20.6. The molecule has 1 atom stereocenters. The second-order valence-electron chi connectivity index (χ2n) is 8.41. The van der Waals surface area contributed by atoms with Gasteiger partial charge in [-0.15, -0.1) is 0 Å². The lowest BCUT2D eigenvalue weighted by atomic mass is 9.88. The number of benzene rings is 1. The molecule has 1 aromatic carbocycles. The molecule has 0 unspecified atom stereocenters. The van der Waals surface area contributed by atoms with Crippen LogP contribution in [-0.4, -0.2) is 75.1 Å². The first-order valence-electron chi connectivity index (χ1n) is 11.0. The van der Waals surface area contributed by atoms with E-state index >= 15 is 0 Å². The predicted molar refractivity (Wildman–Crippen MR) is 115 cm³/mol. The minimum absolute atomic E-state index is 0.245. The van der Waals surface area contributed by atoms with Crippen molar-refractivity contribution in [1.29, 1.82) is 0 Å². The number of hydrogen-bond donors (Lipinski definition) is 1. The summed E-state index contributed by atoms with van der Waals surface area (Å²) in [5.41, 5.74) is 1.05. The maximum Gasteiger partial charge on any atom is 0.130 e. The summed E-state index contributed by atoms with van der Waals surface area (Å²) in [6, 6.07) is 4.25. The van der Waals surface area contributed by atoms with Gasteiger partial charge in [-0.1, -0.05) is 19.3 Å². The van der Waals surface area contributed by atoms with Crippen LogP contribution in [0.15, 0.2) is 12.1 Å².